The van der Waals surface area contributed by atoms with E-state index in [9.17, 15) is 8.78 Å². The van der Waals surface area contributed by atoms with Crippen LogP contribution in [0.15, 0.2) is 170 Å². The Morgan fingerprint density at radius 3 is 1.16 bits per heavy atom. The van der Waals surface area contributed by atoms with Gasteiger partial charge in [-0.2, -0.15) is 0 Å². The van der Waals surface area contributed by atoms with E-state index in [1.54, 1.807) is 22.7 Å². The molecule has 0 bridgehead atoms. The highest BCUT2D eigenvalue weighted by Crippen LogP contribution is 2.44. The maximum atomic E-state index is 14.2. The zero-order valence-electron chi connectivity index (χ0n) is 29.5. The van der Waals surface area contributed by atoms with Crippen molar-refractivity contribution < 1.29 is 8.78 Å². The number of rotatable bonds is 6. The minimum Gasteiger partial charge on any atom is -0.310 e. The second-order valence-corrected chi connectivity index (χ2v) is 15.8. The van der Waals surface area contributed by atoms with Gasteiger partial charge in [0.15, 0.2) is 0 Å². The maximum absolute atomic E-state index is 14.2. The molecule has 4 nitrogen and oxygen atoms in total. The summed E-state index contributed by atoms with van der Waals surface area (Å²) in [6.07, 6.45) is 3.66. The number of hydrogen-bond acceptors (Lipinski definition) is 6. The lowest BCUT2D eigenvalue weighted by atomic mass is 10.00. The molecule has 0 aliphatic carbocycles. The van der Waals surface area contributed by atoms with Crippen LogP contribution in [0, 0.1) is 11.6 Å². The molecule has 56 heavy (non-hydrogen) atoms. The van der Waals surface area contributed by atoms with Gasteiger partial charge in [-0.15, -0.1) is 22.7 Å². The van der Waals surface area contributed by atoms with Gasteiger partial charge >= 0.3 is 0 Å². The largest absolute Gasteiger partial charge is 0.310 e. The molecule has 0 N–H and O–H groups in total. The smallest absolute Gasteiger partial charge is 0.124 e. The van der Waals surface area contributed by atoms with E-state index < -0.39 is 0 Å². The summed E-state index contributed by atoms with van der Waals surface area (Å²) in [6.45, 7) is 0. The van der Waals surface area contributed by atoms with Crippen LogP contribution < -0.4 is 9.80 Å². The first-order chi connectivity index (χ1) is 27.5. The second-order valence-electron chi connectivity index (χ2n) is 13.8. The number of hydrogen-bond donors (Lipinski definition) is 0. The predicted octanol–water partition coefficient (Wildman–Crippen LogP) is 14.7. The number of pyridine rings is 2. The van der Waals surface area contributed by atoms with Crippen LogP contribution in [0.2, 0.25) is 0 Å². The lowest BCUT2D eigenvalue weighted by Gasteiger charge is -2.27. The second kappa shape index (κ2) is 12.9. The fourth-order valence-electron chi connectivity index (χ4n) is 7.88. The molecule has 0 radical (unpaired) electrons. The highest BCUT2D eigenvalue weighted by atomic mass is 32.1. The number of anilines is 6. The Bertz CT molecular complexity index is 3080. The highest BCUT2D eigenvalue weighted by molar-refractivity contribution is 7.25. The van der Waals surface area contributed by atoms with E-state index >= 15 is 0 Å². The standard InChI is InChI=1S/C48H28F2N4S2/c49-31-7-11-33(12-8-31)53(37-17-21-41-43-3-1-23-51-47(43)55-45(41)27-37)35-15-19-39-29(25-35)5-6-30-26-36(16-20-40(30)39)54(34-13-9-32(50)10-14-34)38-18-22-42-44-4-2-24-52-48(44)56-46(42)28-38/h1-28H. The maximum Gasteiger partial charge on any atom is 0.124 e. The van der Waals surface area contributed by atoms with Gasteiger partial charge in [0.05, 0.1) is 0 Å². The molecular formula is C48H28F2N4S2. The predicted molar refractivity (Wildman–Crippen MR) is 232 cm³/mol. The van der Waals surface area contributed by atoms with Crippen molar-refractivity contribution in [3.05, 3.63) is 182 Å². The molecule has 0 amide bonds. The van der Waals surface area contributed by atoms with Gasteiger partial charge in [-0.05, 0) is 143 Å². The zero-order valence-corrected chi connectivity index (χ0v) is 31.2. The molecule has 8 heteroatoms. The quantitative estimate of drug-likeness (QED) is 0.158. The van der Waals surface area contributed by atoms with Gasteiger partial charge in [-0.25, -0.2) is 18.7 Å². The van der Waals surface area contributed by atoms with E-state index in [0.717, 1.165) is 85.5 Å². The third kappa shape index (κ3) is 5.45. The van der Waals surface area contributed by atoms with E-state index in [-0.39, 0.29) is 11.6 Å². The normalized spacial score (nSPS) is 11.8. The minimum atomic E-state index is -0.278. The van der Waals surface area contributed by atoms with Crippen LogP contribution in [0.3, 0.4) is 0 Å². The van der Waals surface area contributed by atoms with Crippen LogP contribution in [0.4, 0.5) is 42.9 Å². The van der Waals surface area contributed by atoms with Crippen LogP contribution in [0.5, 0.6) is 0 Å². The van der Waals surface area contributed by atoms with Crippen LogP contribution in [-0.4, -0.2) is 9.97 Å². The Kier molecular flexibility index (Phi) is 7.55. The lowest BCUT2D eigenvalue weighted by molar-refractivity contribution is 0.627. The molecule has 0 unspecified atom stereocenters. The zero-order chi connectivity index (χ0) is 37.3. The first-order valence-electron chi connectivity index (χ1n) is 18.2. The topological polar surface area (TPSA) is 32.3 Å². The minimum absolute atomic E-state index is 0.278. The Morgan fingerprint density at radius 2 is 0.732 bits per heavy atom. The molecule has 0 saturated heterocycles. The first kappa shape index (κ1) is 32.7. The summed E-state index contributed by atoms with van der Waals surface area (Å²) in [6, 6.07) is 51.7. The molecule has 0 atom stereocenters. The Balaban J connectivity index is 1.02. The van der Waals surface area contributed by atoms with E-state index in [2.05, 4.69) is 117 Å². The van der Waals surface area contributed by atoms with Gasteiger partial charge in [0.1, 0.15) is 21.3 Å². The van der Waals surface area contributed by atoms with Crippen LogP contribution >= 0.6 is 22.7 Å². The highest BCUT2D eigenvalue weighted by Gasteiger charge is 2.19. The average Bonchev–Trinajstić information content (AvgIpc) is 3.80. The van der Waals surface area contributed by atoms with E-state index in [4.69, 9.17) is 0 Å². The molecule has 11 rings (SSSR count). The molecule has 11 aromatic rings. The van der Waals surface area contributed by atoms with Gasteiger partial charge in [0.2, 0.25) is 0 Å². The summed E-state index contributed by atoms with van der Waals surface area (Å²) in [7, 11) is 0. The Labute approximate surface area is 327 Å². The molecule has 0 aliphatic rings. The number of benzene rings is 7. The summed E-state index contributed by atoms with van der Waals surface area (Å²) in [4.78, 5) is 15.5. The summed E-state index contributed by atoms with van der Waals surface area (Å²) < 4.78 is 30.6. The Hall–Kier alpha value is -6.74. The van der Waals surface area contributed by atoms with Gasteiger partial charge in [0, 0.05) is 77.5 Å². The molecule has 0 aliphatic heterocycles. The Morgan fingerprint density at radius 1 is 0.357 bits per heavy atom. The van der Waals surface area contributed by atoms with Crippen molar-refractivity contribution in [1.29, 1.82) is 0 Å². The SMILES string of the molecule is Fc1ccc(N(c2ccc3c(ccc4cc(N(c5ccc(F)cc5)c5ccc6c(c5)sc5ncccc56)ccc43)c2)c2ccc3c(c2)sc2ncccc23)cc1. The van der Waals surface area contributed by atoms with Gasteiger partial charge < -0.3 is 9.80 Å². The van der Waals surface area contributed by atoms with E-state index in [1.807, 2.05) is 48.8 Å². The van der Waals surface area contributed by atoms with E-state index in [1.165, 1.54) is 35.0 Å². The molecule has 266 valence electrons. The summed E-state index contributed by atoms with van der Waals surface area (Å²) in [5.41, 5.74) is 5.61. The molecule has 0 fully saturated rings. The third-order valence-electron chi connectivity index (χ3n) is 10.5. The summed E-state index contributed by atoms with van der Waals surface area (Å²) >= 11 is 3.34. The van der Waals surface area contributed by atoms with Crippen molar-refractivity contribution in [2.75, 3.05) is 9.80 Å². The van der Waals surface area contributed by atoms with Crippen molar-refractivity contribution in [2.24, 2.45) is 0 Å². The lowest BCUT2D eigenvalue weighted by Crippen LogP contribution is -2.10. The van der Waals surface area contributed by atoms with Crippen molar-refractivity contribution in [1.82, 2.24) is 9.97 Å². The van der Waals surface area contributed by atoms with Crippen LogP contribution in [0.1, 0.15) is 0 Å². The van der Waals surface area contributed by atoms with Crippen molar-refractivity contribution in [3.8, 4) is 0 Å². The fourth-order valence-corrected chi connectivity index (χ4v) is 10.0. The molecule has 7 aromatic carbocycles. The van der Waals surface area contributed by atoms with Gasteiger partial charge in [0.25, 0.3) is 0 Å². The van der Waals surface area contributed by atoms with Gasteiger partial charge in [-0.1, -0.05) is 36.4 Å². The van der Waals surface area contributed by atoms with Crippen molar-refractivity contribution >= 4 is 119 Å². The summed E-state index contributed by atoms with van der Waals surface area (Å²) in [5.74, 6) is -0.556. The number of halogens is 2. The molecule has 0 spiro atoms. The van der Waals surface area contributed by atoms with Crippen LogP contribution in [-0.2, 0) is 0 Å². The average molecular weight is 763 g/mol. The molecule has 4 aromatic heterocycles. The number of nitrogens with zero attached hydrogens (tertiary/aromatic N) is 4. The molecule has 4 heterocycles. The summed E-state index contributed by atoms with van der Waals surface area (Å²) in [5, 5.41) is 9.03. The van der Waals surface area contributed by atoms with Crippen LogP contribution in [0.25, 0.3) is 62.2 Å². The number of thiophene rings is 2. The van der Waals surface area contributed by atoms with E-state index in [0.29, 0.717) is 0 Å². The molecular weight excluding hydrogens is 735 g/mol. The number of aromatic nitrogens is 2. The third-order valence-corrected chi connectivity index (χ3v) is 12.6. The fraction of sp³-hybridized carbons (Fsp3) is 0. The van der Waals surface area contributed by atoms with Gasteiger partial charge in [-0.3, -0.25) is 0 Å². The van der Waals surface area contributed by atoms with Crippen molar-refractivity contribution in [2.45, 2.75) is 0 Å². The number of fused-ring (bicyclic) bond motifs is 9. The first-order valence-corrected chi connectivity index (χ1v) is 19.8. The molecule has 0 saturated carbocycles. The monoisotopic (exact) mass is 762 g/mol. The van der Waals surface area contributed by atoms with Crippen molar-refractivity contribution in [3.63, 3.8) is 0 Å².